The molecular formula is C10H20N2OS. The molecule has 2 N–H and O–H groups in total. The van der Waals surface area contributed by atoms with Crippen LogP contribution in [0.3, 0.4) is 0 Å². The van der Waals surface area contributed by atoms with Gasteiger partial charge in [-0.3, -0.25) is 4.90 Å². The lowest BCUT2D eigenvalue weighted by molar-refractivity contribution is 0.0293. The molecule has 0 saturated carbocycles. The molecule has 0 unspecified atom stereocenters. The molecule has 1 rings (SSSR count). The maximum Gasteiger partial charge on any atom is 0.0870 e. The van der Waals surface area contributed by atoms with Crippen LogP contribution in [0.5, 0.6) is 0 Å². The minimum atomic E-state index is 0.500. The minimum absolute atomic E-state index is 0.500. The van der Waals surface area contributed by atoms with E-state index in [1.807, 2.05) is 0 Å². The summed E-state index contributed by atoms with van der Waals surface area (Å²) in [7, 11) is 0. The Labute approximate surface area is 91.6 Å². The van der Waals surface area contributed by atoms with E-state index in [2.05, 4.69) is 18.7 Å². The molecule has 0 aromatic carbocycles. The molecule has 0 aromatic heterocycles. The van der Waals surface area contributed by atoms with E-state index in [0.717, 1.165) is 32.6 Å². The van der Waals surface area contributed by atoms with Crippen LogP contribution in [-0.4, -0.2) is 41.7 Å². The lowest BCUT2D eigenvalue weighted by Gasteiger charge is -2.36. The lowest BCUT2D eigenvalue weighted by atomic mass is 10.1. The molecule has 82 valence electrons. The maximum atomic E-state index is 5.60. The van der Waals surface area contributed by atoms with Crippen LogP contribution in [0.2, 0.25) is 0 Å². The molecule has 0 amide bonds. The molecule has 1 fully saturated rings. The van der Waals surface area contributed by atoms with Gasteiger partial charge in [-0.2, -0.15) is 0 Å². The van der Waals surface area contributed by atoms with Crippen molar-refractivity contribution in [1.82, 2.24) is 4.90 Å². The topological polar surface area (TPSA) is 38.5 Å². The largest absolute Gasteiger partial charge is 0.392 e. The summed E-state index contributed by atoms with van der Waals surface area (Å²) >= 11 is 4.97. The van der Waals surface area contributed by atoms with Crippen LogP contribution >= 0.6 is 12.2 Å². The Morgan fingerprint density at radius 1 is 1.50 bits per heavy atom. The van der Waals surface area contributed by atoms with Crippen molar-refractivity contribution in [3.63, 3.8) is 0 Å². The summed E-state index contributed by atoms with van der Waals surface area (Å²) in [4.78, 5) is 2.97. The SMILES string of the molecule is CC(C)N(CC(N)=S)C1CCOCC1. The zero-order chi connectivity index (χ0) is 10.6. The van der Waals surface area contributed by atoms with Crippen LogP contribution in [-0.2, 0) is 4.74 Å². The van der Waals surface area contributed by atoms with Gasteiger partial charge in [0.25, 0.3) is 0 Å². The van der Waals surface area contributed by atoms with Gasteiger partial charge in [-0.25, -0.2) is 0 Å². The van der Waals surface area contributed by atoms with Gasteiger partial charge in [0, 0.05) is 31.8 Å². The summed E-state index contributed by atoms with van der Waals surface area (Å²) in [6.07, 6.45) is 2.20. The molecule has 1 saturated heterocycles. The Balaban J connectivity index is 2.51. The third kappa shape index (κ3) is 3.52. The molecule has 1 aliphatic rings. The van der Waals surface area contributed by atoms with Crippen molar-refractivity contribution in [3.05, 3.63) is 0 Å². The van der Waals surface area contributed by atoms with Crippen molar-refractivity contribution < 1.29 is 4.74 Å². The first kappa shape index (κ1) is 11.9. The molecule has 0 spiro atoms. The first-order valence-electron chi connectivity index (χ1n) is 5.23. The smallest absolute Gasteiger partial charge is 0.0870 e. The normalized spacial score (nSPS) is 19.1. The fourth-order valence-electron chi connectivity index (χ4n) is 1.93. The van der Waals surface area contributed by atoms with Gasteiger partial charge in [0.1, 0.15) is 0 Å². The summed E-state index contributed by atoms with van der Waals surface area (Å²) in [5.74, 6) is 0. The highest BCUT2D eigenvalue weighted by Crippen LogP contribution is 2.16. The molecule has 14 heavy (non-hydrogen) atoms. The van der Waals surface area contributed by atoms with Crippen molar-refractivity contribution >= 4 is 17.2 Å². The number of nitrogens with two attached hydrogens (primary N) is 1. The molecule has 3 nitrogen and oxygen atoms in total. The standard InChI is InChI=1S/C10H20N2OS/c1-8(2)12(7-10(11)14)9-3-5-13-6-4-9/h8-9H,3-7H2,1-2H3,(H2,11,14). The quantitative estimate of drug-likeness (QED) is 0.716. The summed E-state index contributed by atoms with van der Waals surface area (Å²) < 4.78 is 5.34. The Morgan fingerprint density at radius 2 is 2.07 bits per heavy atom. The van der Waals surface area contributed by atoms with Crippen LogP contribution in [0.25, 0.3) is 0 Å². The first-order valence-corrected chi connectivity index (χ1v) is 5.64. The fourth-order valence-corrected chi connectivity index (χ4v) is 2.08. The zero-order valence-electron chi connectivity index (χ0n) is 9.03. The highest BCUT2D eigenvalue weighted by atomic mass is 32.1. The minimum Gasteiger partial charge on any atom is -0.392 e. The average Bonchev–Trinajstić information content (AvgIpc) is 2.15. The van der Waals surface area contributed by atoms with Gasteiger partial charge in [-0.1, -0.05) is 12.2 Å². The third-order valence-corrected chi connectivity index (χ3v) is 2.79. The van der Waals surface area contributed by atoms with E-state index in [1.165, 1.54) is 0 Å². The second-order valence-electron chi connectivity index (χ2n) is 4.08. The summed E-state index contributed by atoms with van der Waals surface area (Å²) in [6.45, 7) is 6.84. The van der Waals surface area contributed by atoms with Gasteiger partial charge in [0.2, 0.25) is 0 Å². The number of hydrogen-bond acceptors (Lipinski definition) is 3. The number of hydrogen-bond donors (Lipinski definition) is 1. The highest BCUT2D eigenvalue weighted by Gasteiger charge is 2.23. The van der Waals surface area contributed by atoms with E-state index in [4.69, 9.17) is 22.7 Å². The first-order chi connectivity index (χ1) is 6.61. The van der Waals surface area contributed by atoms with Gasteiger partial charge >= 0.3 is 0 Å². The van der Waals surface area contributed by atoms with Crippen LogP contribution in [0, 0.1) is 0 Å². The van der Waals surface area contributed by atoms with E-state index in [-0.39, 0.29) is 0 Å². The van der Waals surface area contributed by atoms with E-state index in [0.29, 0.717) is 17.1 Å². The molecule has 1 heterocycles. The Bertz CT molecular complexity index is 191. The van der Waals surface area contributed by atoms with Gasteiger partial charge < -0.3 is 10.5 Å². The van der Waals surface area contributed by atoms with Gasteiger partial charge in [-0.15, -0.1) is 0 Å². The van der Waals surface area contributed by atoms with Gasteiger partial charge in [-0.05, 0) is 26.7 Å². The average molecular weight is 216 g/mol. The zero-order valence-corrected chi connectivity index (χ0v) is 9.85. The van der Waals surface area contributed by atoms with Crippen molar-refractivity contribution in [2.24, 2.45) is 5.73 Å². The monoisotopic (exact) mass is 216 g/mol. The van der Waals surface area contributed by atoms with Crippen LogP contribution in [0.4, 0.5) is 0 Å². The molecule has 0 radical (unpaired) electrons. The van der Waals surface area contributed by atoms with Crippen molar-refractivity contribution in [1.29, 1.82) is 0 Å². The third-order valence-electron chi connectivity index (χ3n) is 2.66. The molecule has 1 aliphatic heterocycles. The van der Waals surface area contributed by atoms with Gasteiger partial charge in [0.05, 0.1) is 4.99 Å². The summed E-state index contributed by atoms with van der Waals surface area (Å²) in [5, 5.41) is 0. The van der Waals surface area contributed by atoms with Crippen LogP contribution in [0.1, 0.15) is 26.7 Å². The molecular weight excluding hydrogens is 196 g/mol. The molecule has 0 bridgehead atoms. The Kier molecular flexibility index (Phi) is 4.78. The molecule has 4 heteroatoms. The lowest BCUT2D eigenvalue weighted by Crippen LogP contribution is -2.47. The van der Waals surface area contributed by atoms with Crippen LogP contribution < -0.4 is 5.73 Å². The van der Waals surface area contributed by atoms with Gasteiger partial charge in [0.15, 0.2) is 0 Å². The van der Waals surface area contributed by atoms with Crippen LogP contribution in [0.15, 0.2) is 0 Å². The predicted octanol–water partition coefficient (Wildman–Crippen LogP) is 1.16. The van der Waals surface area contributed by atoms with Crippen molar-refractivity contribution in [2.45, 2.75) is 38.8 Å². The predicted molar refractivity (Wildman–Crippen MR) is 62.5 cm³/mol. The van der Waals surface area contributed by atoms with Crippen molar-refractivity contribution in [3.8, 4) is 0 Å². The Hall–Kier alpha value is -0.190. The Morgan fingerprint density at radius 3 is 2.50 bits per heavy atom. The molecule has 0 atom stereocenters. The summed E-state index contributed by atoms with van der Waals surface area (Å²) in [6, 6.07) is 1.09. The second-order valence-corrected chi connectivity index (χ2v) is 4.60. The number of thiocarbonyl (C=S) groups is 1. The number of rotatable bonds is 4. The second kappa shape index (κ2) is 5.63. The summed E-state index contributed by atoms with van der Waals surface area (Å²) in [5.41, 5.74) is 5.60. The van der Waals surface area contributed by atoms with E-state index >= 15 is 0 Å². The fraction of sp³-hybridized carbons (Fsp3) is 0.900. The van der Waals surface area contributed by atoms with Crippen molar-refractivity contribution in [2.75, 3.05) is 19.8 Å². The van der Waals surface area contributed by atoms with E-state index in [9.17, 15) is 0 Å². The number of ether oxygens (including phenoxy) is 1. The highest BCUT2D eigenvalue weighted by molar-refractivity contribution is 7.80. The molecule has 0 aromatic rings. The molecule has 0 aliphatic carbocycles. The van der Waals surface area contributed by atoms with E-state index < -0.39 is 0 Å². The number of nitrogens with zero attached hydrogens (tertiary/aromatic N) is 1. The van der Waals surface area contributed by atoms with E-state index in [1.54, 1.807) is 0 Å². The maximum absolute atomic E-state index is 5.60.